The number of fused-ring (bicyclic) bond motifs is 1. The molecule has 3 rings (SSSR count). The molecule has 0 amide bonds. The van der Waals surface area contributed by atoms with E-state index in [-0.39, 0.29) is 0 Å². The van der Waals surface area contributed by atoms with Crippen LogP contribution in [0.5, 0.6) is 5.75 Å². The minimum absolute atomic E-state index is 0.403. The van der Waals surface area contributed by atoms with E-state index in [1.54, 1.807) is 18.7 Å². The highest BCUT2D eigenvalue weighted by Crippen LogP contribution is 2.30. The summed E-state index contributed by atoms with van der Waals surface area (Å²) in [5.41, 5.74) is 1.31. The van der Waals surface area contributed by atoms with Crippen molar-refractivity contribution < 1.29 is 9.15 Å². The molecule has 4 nitrogen and oxygen atoms in total. The first-order chi connectivity index (χ1) is 9.43. The van der Waals surface area contributed by atoms with Gasteiger partial charge >= 0.3 is 0 Å². The molecule has 0 aromatic carbocycles. The highest BCUT2D eigenvalue weighted by molar-refractivity contribution is 5.24. The summed E-state index contributed by atoms with van der Waals surface area (Å²) in [6.07, 6.45) is 8.67. The standard InChI is InChI=1S/C15H18N2O2/c1-4-14(13-6-9-19-15(13)5-1)17-8-10-18-12-3-2-7-16-11-12/h2-3,6-7,9,11,14,17H,1,4-5,8,10H2. The zero-order valence-corrected chi connectivity index (χ0v) is 10.8. The fourth-order valence-electron chi connectivity index (χ4n) is 2.53. The third kappa shape index (κ3) is 2.96. The summed E-state index contributed by atoms with van der Waals surface area (Å²) in [5.74, 6) is 1.95. The van der Waals surface area contributed by atoms with Crippen LogP contribution in [-0.2, 0) is 6.42 Å². The summed E-state index contributed by atoms with van der Waals surface area (Å²) in [6.45, 7) is 1.47. The third-order valence-corrected chi connectivity index (χ3v) is 3.45. The first-order valence-electron chi connectivity index (χ1n) is 6.76. The number of furan rings is 1. The zero-order valence-electron chi connectivity index (χ0n) is 10.8. The van der Waals surface area contributed by atoms with E-state index in [1.165, 1.54) is 18.4 Å². The maximum absolute atomic E-state index is 5.62. The molecule has 0 spiro atoms. The number of pyridine rings is 1. The fraction of sp³-hybridized carbons (Fsp3) is 0.400. The lowest BCUT2D eigenvalue weighted by Gasteiger charge is -2.22. The van der Waals surface area contributed by atoms with Gasteiger partial charge in [0.25, 0.3) is 0 Å². The normalized spacial score (nSPS) is 18.0. The second-order valence-corrected chi connectivity index (χ2v) is 4.74. The maximum atomic E-state index is 5.62. The van der Waals surface area contributed by atoms with E-state index in [9.17, 15) is 0 Å². The summed E-state index contributed by atoms with van der Waals surface area (Å²) in [7, 11) is 0. The van der Waals surface area contributed by atoms with E-state index >= 15 is 0 Å². The molecule has 1 aliphatic carbocycles. The van der Waals surface area contributed by atoms with Crippen molar-refractivity contribution >= 4 is 0 Å². The first kappa shape index (κ1) is 12.2. The van der Waals surface area contributed by atoms with E-state index in [2.05, 4.69) is 16.4 Å². The van der Waals surface area contributed by atoms with E-state index in [1.807, 2.05) is 12.1 Å². The topological polar surface area (TPSA) is 47.3 Å². The lowest BCUT2D eigenvalue weighted by atomic mass is 9.93. The smallest absolute Gasteiger partial charge is 0.137 e. The Bertz CT molecular complexity index is 510. The van der Waals surface area contributed by atoms with Gasteiger partial charge < -0.3 is 14.5 Å². The van der Waals surface area contributed by atoms with Crippen LogP contribution in [0.3, 0.4) is 0 Å². The average Bonchev–Trinajstić information content (AvgIpc) is 2.94. The molecular weight excluding hydrogens is 240 g/mol. The van der Waals surface area contributed by atoms with Crippen LogP contribution in [0.1, 0.15) is 30.2 Å². The lowest BCUT2D eigenvalue weighted by molar-refractivity contribution is 0.297. The Labute approximate surface area is 112 Å². The van der Waals surface area contributed by atoms with Crippen LogP contribution in [0.15, 0.2) is 41.3 Å². The predicted molar refractivity (Wildman–Crippen MR) is 72.1 cm³/mol. The number of nitrogens with one attached hydrogen (secondary N) is 1. The Morgan fingerprint density at radius 1 is 1.42 bits per heavy atom. The largest absolute Gasteiger partial charge is 0.491 e. The number of nitrogens with zero attached hydrogens (tertiary/aromatic N) is 1. The Kier molecular flexibility index (Phi) is 3.79. The molecule has 0 saturated heterocycles. The molecule has 1 aliphatic rings. The predicted octanol–water partition coefficient (Wildman–Crippen LogP) is 2.72. The zero-order chi connectivity index (χ0) is 12.9. The number of ether oxygens (including phenoxy) is 1. The Hall–Kier alpha value is -1.81. The van der Waals surface area contributed by atoms with Gasteiger partial charge in [-0.15, -0.1) is 0 Å². The van der Waals surface area contributed by atoms with Gasteiger partial charge in [0, 0.05) is 30.8 Å². The van der Waals surface area contributed by atoms with Gasteiger partial charge in [0.2, 0.25) is 0 Å². The molecule has 0 aliphatic heterocycles. The van der Waals surface area contributed by atoms with Crippen molar-refractivity contribution in [1.29, 1.82) is 0 Å². The van der Waals surface area contributed by atoms with Gasteiger partial charge in [-0.05, 0) is 31.0 Å². The van der Waals surface area contributed by atoms with Crippen LogP contribution in [0.2, 0.25) is 0 Å². The summed E-state index contributed by atoms with van der Waals surface area (Å²) in [5, 5.41) is 3.53. The van der Waals surface area contributed by atoms with Gasteiger partial charge in [-0.1, -0.05) is 0 Å². The van der Waals surface area contributed by atoms with Crippen LogP contribution >= 0.6 is 0 Å². The summed E-state index contributed by atoms with van der Waals surface area (Å²) >= 11 is 0. The van der Waals surface area contributed by atoms with E-state index < -0.39 is 0 Å². The molecule has 0 bridgehead atoms. The molecule has 0 saturated carbocycles. The maximum Gasteiger partial charge on any atom is 0.137 e. The number of rotatable bonds is 5. The second-order valence-electron chi connectivity index (χ2n) is 4.74. The molecule has 4 heteroatoms. The van der Waals surface area contributed by atoms with Gasteiger partial charge in [-0.2, -0.15) is 0 Å². The van der Waals surface area contributed by atoms with Gasteiger partial charge in [-0.25, -0.2) is 0 Å². The third-order valence-electron chi connectivity index (χ3n) is 3.45. The van der Waals surface area contributed by atoms with Gasteiger partial charge in [0.1, 0.15) is 18.1 Å². The molecule has 19 heavy (non-hydrogen) atoms. The minimum atomic E-state index is 0.403. The molecule has 0 radical (unpaired) electrons. The first-order valence-corrected chi connectivity index (χ1v) is 6.76. The number of aryl methyl sites for hydroxylation is 1. The molecule has 1 atom stereocenters. The average molecular weight is 258 g/mol. The summed E-state index contributed by atoms with van der Waals surface area (Å²) in [4.78, 5) is 4.02. The number of hydrogen-bond donors (Lipinski definition) is 1. The van der Waals surface area contributed by atoms with E-state index in [4.69, 9.17) is 9.15 Å². The van der Waals surface area contributed by atoms with Crippen molar-refractivity contribution in [3.8, 4) is 5.75 Å². The lowest BCUT2D eigenvalue weighted by Crippen LogP contribution is -2.28. The summed E-state index contributed by atoms with van der Waals surface area (Å²) in [6, 6.07) is 6.28. The van der Waals surface area contributed by atoms with Crippen molar-refractivity contribution in [1.82, 2.24) is 10.3 Å². The molecule has 2 heterocycles. The quantitative estimate of drug-likeness (QED) is 0.838. The molecule has 100 valence electrons. The van der Waals surface area contributed by atoms with E-state index in [0.29, 0.717) is 12.6 Å². The highest BCUT2D eigenvalue weighted by atomic mass is 16.5. The van der Waals surface area contributed by atoms with Crippen LogP contribution < -0.4 is 10.1 Å². The SMILES string of the molecule is c1cncc(OCCNC2CCCc3occc32)c1. The number of hydrogen-bond acceptors (Lipinski definition) is 4. The van der Waals surface area contributed by atoms with Gasteiger partial charge in [0.05, 0.1) is 12.5 Å². The molecule has 2 aromatic heterocycles. The highest BCUT2D eigenvalue weighted by Gasteiger charge is 2.21. The van der Waals surface area contributed by atoms with Crippen molar-refractivity contribution in [3.05, 3.63) is 48.2 Å². The molecule has 0 fully saturated rings. The van der Waals surface area contributed by atoms with Crippen LogP contribution in [0.25, 0.3) is 0 Å². The molecule has 2 aromatic rings. The van der Waals surface area contributed by atoms with Crippen LogP contribution in [-0.4, -0.2) is 18.1 Å². The Morgan fingerprint density at radius 2 is 2.42 bits per heavy atom. The minimum Gasteiger partial charge on any atom is -0.491 e. The Morgan fingerprint density at radius 3 is 3.32 bits per heavy atom. The monoisotopic (exact) mass is 258 g/mol. The molecular formula is C15H18N2O2. The van der Waals surface area contributed by atoms with Gasteiger partial charge in [0.15, 0.2) is 0 Å². The van der Waals surface area contributed by atoms with Crippen LogP contribution in [0, 0.1) is 0 Å². The van der Waals surface area contributed by atoms with E-state index in [0.717, 1.165) is 24.5 Å². The number of aromatic nitrogens is 1. The second kappa shape index (κ2) is 5.89. The van der Waals surface area contributed by atoms with Crippen molar-refractivity contribution in [3.63, 3.8) is 0 Å². The Balaban J connectivity index is 1.46. The van der Waals surface area contributed by atoms with Crippen molar-refractivity contribution in [2.75, 3.05) is 13.2 Å². The van der Waals surface area contributed by atoms with Crippen molar-refractivity contribution in [2.45, 2.75) is 25.3 Å². The molecule has 1 N–H and O–H groups in total. The summed E-state index contributed by atoms with van der Waals surface area (Å²) < 4.78 is 11.1. The fourth-order valence-corrected chi connectivity index (χ4v) is 2.53. The van der Waals surface area contributed by atoms with Gasteiger partial charge in [-0.3, -0.25) is 4.98 Å². The molecule has 1 unspecified atom stereocenters. The van der Waals surface area contributed by atoms with Crippen molar-refractivity contribution in [2.24, 2.45) is 0 Å². The van der Waals surface area contributed by atoms with Crippen LogP contribution in [0.4, 0.5) is 0 Å².